The summed E-state index contributed by atoms with van der Waals surface area (Å²) in [4.78, 5) is 24.6. The Hall–Kier alpha value is -2.92. The molecule has 0 aliphatic heterocycles. The minimum atomic E-state index is -0.320. The van der Waals surface area contributed by atoms with Crippen molar-refractivity contribution in [3.05, 3.63) is 78.0 Å². The minimum Gasteiger partial charge on any atom is -0.310 e. The maximum atomic E-state index is 12.6. The summed E-state index contributed by atoms with van der Waals surface area (Å²) in [6, 6.07) is 16.1. The van der Waals surface area contributed by atoms with Crippen molar-refractivity contribution in [3.63, 3.8) is 0 Å². The number of nitrogens with one attached hydrogen (secondary N) is 1. The van der Waals surface area contributed by atoms with Crippen molar-refractivity contribution < 1.29 is 14.8 Å². The standard InChI is InChI=1S/C17H16N2O3/c20-12-6-11-19(13-14-7-2-1-3-8-14)17(21)15-9-4-5-10-16(15)18-22/h1-12,18,22H,13H2. The van der Waals surface area contributed by atoms with E-state index in [4.69, 9.17) is 5.21 Å². The molecular formula is C17H16N2O3. The summed E-state index contributed by atoms with van der Waals surface area (Å²) in [6.07, 6.45) is 3.30. The molecule has 0 atom stereocenters. The maximum absolute atomic E-state index is 12.6. The molecule has 0 aromatic heterocycles. The Morgan fingerprint density at radius 1 is 1.09 bits per heavy atom. The average molecular weight is 296 g/mol. The van der Waals surface area contributed by atoms with Gasteiger partial charge in [-0.15, -0.1) is 0 Å². The maximum Gasteiger partial charge on any atom is 0.260 e. The van der Waals surface area contributed by atoms with E-state index in [0.29, 0.717) is 24.1 Å². The van der Waals surface area contributed by atoms with E-state index in [1.54, 1.807) is 24.3 Å². The van der Waals surface area contributed by atoms with Gasteiger partial charge >= 0.3 is 0 Å². The second kappa shape index (κ2) is 7.75. The van der Waals surface area contributed by atoms with Crippen LogP contribution >= 0.6 is 0 Å². The predicted octanol–water partition coefficient (Wildman–Crippen LogP) is 2.84. The first-order valence-corrected chi connectivity index (χ1v) is 6.72. The predicted molar refractivity (Wildman–Crippen MR) is 83.4 cm³/mol. The lowest BCUT2D eigenvalue weighted by Gasteiger charge is -2.19. The molecule has 0 unspecified atom stereocenters. The molecule has 0 heterocycles. The summed E-state index contributed by atoms with van der Waals surface area (Å²) in [5.74, 6) is -0.320. The molecule has 0 saturated carbocycles. The van der Waals surface area contributed by atoms with Crippen LogP contribution in [-0.4, -0.2) is 22.3 Å². The van der Waals surface area contributed by atoms with E-state index in [-0.39, 0.29) is 5.91 Å². The Kier molecular flexibility index (Phi) is 5.45. The second-order valence-electron chi connectivity index (χ2n) is 4.55. The quantitative estimate of drug-likeness (QED) is 0.488. The van der Waals surface area contributed by atoms with Gasteiger partial charge in [0, 0.05) is 6.20 Å². The number of rotatable bonds is 6. The highest BCUT2D eigenvalue weighted by molar-refractivity contribution is 6.00. The number of nitrogens with zero attached hydrogens (tertiary/aromatic N) is 1. The normalized spacial score (nSPS) is 10.4. The average Bonchev–Trinajstić information content (AvgIpc) is 2.58. The largest absolute Gasteiger partial charge is 0.310 e. The number of para-hydroxylation sites is 1. The van der Waals surface area contributed by atoms with E-state index < -0.39 is 0 Å². The number of carbonyl (C=O) groups is 2. The molecule has 5 heteroatoms. The Morgan fingerprint density at radius 3 is 2.45 bits per heavy atom. The number of amides is 1. The molecule has 0 saturated heterocycles. The number of aldehydes is 1. The summed E-state index contributed by atoms with van der Waals surface area (Å²) in [5.41, 5.74) is 3.57. The molecule has 1 amide bonds. The lowest BCUT2D eigenvalue weighted by Crippen LogP contribution is -2.26. The third-order valence-electron chi connectivity index (χ3n) is 3.08. The monoisotopic (exact) mass is 296 g/mol. The molecule has 0 aliphatic rings. The van der Waals surface area contributed by atoms with Crippen molar-refractivity contribution in [3.8, 4) is 0 Å². The van der Waals surface area contributed by atoms with Gasteiger partial charge in [0.15, 0.2) is 0 Å². The zero-order valence-corrected chi connectivity index (χ0v) is 11.8. The van der Waals surface area contributed by atoms with Gasteiger partial charge in [0.25, 0.3) is 5.91 Å². The molecule has 2 N–H and O–H groups in total. The van der Waals surface area contributed by atoms with Gasteiger partial charge < -0.3 is 4.90 Å². The first kappa shape index (κ1) is 15.5. The third kappa shape index (κ3) is 3.80. The Morgan fingerprint density at radius 2 is 1.77 bits per heavy atom. The van der Waals surface area contributed by atoms with Gasteiger partial charge in [-0.1, -0.05) is 42.5 Å². The van der Waals surface area contributed by atoms with Gasteiger partial charge in [0.1, 0.15) is 6.29 Å². The molecule has 2 aromatic carbocycles. The topological polar surface area (TPSA) is 69.6 Å². The number of hydrogen-bond acceptors (Lipinski definition) is 4. The van der Waals surface area contributed by atoms with Crippen LogP contribution in [0.2, 0.25) is 0 Å². The van der Waals surface area contributed by atoms with Crippen LogP contribution in [0.25, 0.3) is 0 Å². The SMILES string of the molecule is O=CC=CN(Cc1ccccc1)C(=O)c1ccccc1NO. The summed E-state index contributed by atoms with van der Waals surface area (Å²) in [5, 5.41) is 9.12. The Bertz CT molecular complexity index is 669. The molecule has 0 spiro atoms. The van der Waals surface area contributed by atoms with E-state index >= 15 is 0 Å². The Labute approximate surface area is 128 Å². The highest BCUT2D eigenvalue weighted by Crippen LogP contribution is 2.18. The van der Waals surface area contributed by atoms with Crippen LogP contribution in [0.4, 0.5) is 5.69 Å². The third-order valence-corrected chi connectivity index (χ3v) is 3.08. The highest BCUT2D eigenvalue weighted by atomic mass is 16.5. The zero-order chi connectivity index (χ0) is 15.8. The number of carbonyl (C=O) groups excluding carboxylic acids is 2. The zero-order valence-electron chi connectivity index (χ0n) is 11.8. The van der Waals surface area contributed by atoms with E-state index in [2.05, 4.69) is 0 Å². The second-order valence-corrected chi connectivity index (χ2v) is 4.55. The van der Waals surface area contributed by atoms with Crippen LogP contribution in [0.3, 0.4) is 0 Å². The van der Waals surface area contributed by atoms with Gasteiger partial charge in [0.05, 0.1) is 17.8 Å². The van der Waals surface area contributed by atoms with Crippen molar-refractivity contribution in [1.29, 1.82) is 0 Å². The molecular weight excluding hydrogens is 280 g/mol. The molecule has 0 fully saturated rings. The van der Waals surface area contributed by atoms with E-state index in [1.807, 2.05) is 35.8 Å². The number of anilines is 1. The summed E-state index contributed by atoms with van der Waals surface area (Å²) in [6.45, 7) is 0.323. The van der Waals surface area contributed by atoms with Crippen LogP contribution < -0.4 is 5.48 Å². The van der Waals surface area contributed by atoms with Gasteiger partial charge in [-0.2, -0.15) is 0 Å². The van der Waals surface area contributed by atoms with Gasteiger partial charge in [0.2, 0.25) is 0 Å². The summed E-state index contributed by atoms with van der Waals surface area (Å²) >= 11 is 0. The van der Waals surface area contributed by atoms with E-state index in [0.717, 1.165) is 5.56 Å². The van der Waals surface area contributed by atoms with E-state index in [1.165, 1.54) is 17.2 Å². The minimum absolute atomic E-state index is 0.310. The fraction of sp³-hybridized carbons (Fsp3) is 0.0588. The van der Waals surface area contributed by atoms with Crippen LogP contribution in [0, 0.1) is 0 Å². The van der Waals surface area contributed by atoms with Gasteiger partial charge in [-0.3, -0.25) is 20.3 Å². The van der Waals surface area contributed by atoms with Crippen LogP contribution in [0.15, 0.2) is 66.9 Å². The lowest BCUT2D eigenvalue weighted by atomic mass is 10.1. The Balaban J connectivity index is 2.30. The lowest BCUT2D eigenvalue weighted by molar-refractivity contribution is -0.104. The molecule has 112 valence electrons. The van der Waals surface area contributed by atoms with Crippen molar-refractivity contribution in [1.82, 2.24) is 4.90 Å². The molecule has 5 nitrogen and oxygen atoms in total. The number of hydrogen-bond donors (Lipinski definition) is 2. The van der Waals surface area contributed by atoms with Crippen molar-refractivity contribution in [2.24, 2.45) is 0 Å². The summed E-state index contributed by atoms with van der Waals surface area (Å²) < 4.78 is 0. The molecule has 0 aliphatic carbocycles. The van der Waals surface area contributed by atoms with Crippen molar-refractivity contribution >= 4 is 17.9 Å². The first-order chi connectivity index (χ1) is 10.8. The fourth-order valence-corrected chi connectivity index (χ4v) is 2.03. The van der Waals surface area contributed by atoms with Crippen LogP contribution in [0.5, 0.6) is 0 Å². The molecule has 0 radical (unpaired) electrons. The highest BCUT2D eigenvalue weighted by Gasteiger charge is 2.17. The molecule has 2 rings (SSSR count). The molecule has 0 bridgehead atoms. The number of allylic oxidation sites excluding steroid dienone is 1. The smallest absolute Gasteiger partial charge is 0.260 e. The van der Waals surface area contributed by atoms with E-state index in [9.17, 15) is 9.59 Å². The molecule has 22 heavy (non-hydrogen) atoms. The first-order valence-electron chi connectivity index (χ1n) is 6.72. The van der Waals surface area contributed by atoms with Crippen molar-refractivity contribution in [2.75, 3.05) is 5.48 Å². The van der Waals surface area contributed by atoms with Crippen LogP contribution in [0.1, 0.15) is 15.9 Å². The number of benzene rings is 2. The van der Waals surface area contributed by atoms with Crippen molar-refractivity contribution in [2.45, 2.75) is 6.54 Å². The summed E-state index contributed by atoms with van der Waals surface area (Å²) in [7, 11) is 0. The fourth-order valence-electron chi connectivity index (χ4n) is 2.03. The molecule has 2 aromatic rings. The van der Waals surface area contributed by atoms with Gasteiger partial charge in [-0.05, 0) is 23.8 Å². The van der Waals surface area contributed by atoms with Gasteiger partial charge in [-0.25, -0.2) is 0 Å². The van der Waals surface area contributed by atoms with Crippen LogP contribution in [-0.2, 0) is 11.3 Å².